The number of anilines is 1. The van der Waals surface area contributed by atoms with Gasteiger partial charge in [-0.2, -0.15) is 31.6 Å². The molecule has 1 unspecified atom stereocenters. The fourth-order valence-corrected chi connectivity index (χ4v) is 3.37. The molecular weight excluding hydrogens is 447 g/mol. The second-order valence-electron chi connectivity index (χ2n) is 6.54. The lowest BCUT2D eigenvalue weighted by Gasteiger charge is -2.17. The van der Waals surface area contributed by atoms with E-state index >= 15 is 0 Å². The average Bonchev–Trinajstić information content (AvgIpc) is 3.33. The summed E-state index contributed by atoms with van der Waals surface area (Å²) in [6.07, 6.45) is -10.3. The number of H-pyrrole nitrogens is 1. The molecule has 6 nitrogen and oxygen atoms in total. The predicted octanol–water partition coefficient (Wildman–Crippen LogP) is 4.76. The molecule has 0 aliphatic heterocycles. The molecule has 1 atom stereocenters. The lowest BCUT2D eigenvalue weighted by atomic mass is 10.1. The van der Waals surface area contributed by atoms with Gasteiger partial charge >= 0.3 is 12.4 Å². The molecule has 0 aliphatic rings. The highest BCUT2D eigenvalue weighted by Crippen LogP contribution is 2.41. The van der Waals surface area contributed by atoms with Crippen LogP contribution in [0, 0.1) is 0 Å². The molecule has 0 fully saturated rings. The fourth-order valence-electron chi connectivity index (χ4n) is 3.01. The molecule has 0 saturated heterocycles. The molecule has 2 aromatic heterocycles. The van der Waals surface area contributed by atoms with Gasteiger partial charge in [-0.05, 0) is 52.5 Å². The zero-order chi connectivity index (χ0) is 22.4. The monoisotopic (exact) mass is 459 g/mol. The summed E-state index contributed by atoms with van der Waals surface area (Å²) in [4.78, 5) is 0. The van der Waals surface area contributed by atoms with Crippen molar-refractivity contribution in [3.63, 3.8) is 0 Å². The van der Waals surface area contributed by atoms with E-state index in [0.29, 0.717) is 29.0 Å². The number of aromatic nitrogens is 4. The lowest BCUT2D eigenvalue weighted by molar-refractivity contribution is -0.162. The Bertz CT molecular complexity index is 1230. The number of nitrogens with one attached hydrogen (secondary N) is 2. The van der Waals surface area contributed by atoms with Crippen LogP contribution in [0.25, 0.3) is 22.6 Å². The first-order chi connectivity index (χ1) is 14.5. The van der Waals surface area contributed by atoms with Crippen LogP contribution >= 0.6 is 9.24 Å². The Kier molecular flexibility index (Phi) is 5.12. The van der Waals surface area contributed by atoms with Crippen LogP contribution in [0.4, 0.5) is 32.0 Å². The topological polar surface area (TPSA) is 79.6 Å². The molecule has 162 valence electrons. The molecule has 2 aromatic carbocycles. The number of furan rings is 1. The minimum Gasteiger partial charge on any atom is -0.453 e. The Balaban J connectivity index is 1.61. The highest BCUT2D eigenvalue weighted by atomic mass is 31.0. The van der Waals surface area contributed by atoms with Gasteiger partial charge in [-0.25, -0.2) is 0 Å². The van der Waals surface area contributed by atoms with Gasteiger partial charge in [0, 0.05) is 17.6 Å². The van der Waals surface area contributed by atoms with E-state index in [9.17, 15) is 26.3 Å². The number of benzene rings is 2. The van der Waals surface area contributed by atoms with Crippen molar-refractivity contribution >= 4 is 31.2 Å². The molecule has 0 bridgehead atoms. The van der Waals surface area contributed by atoms with E-state index in [-0.39, 0.29) is 18.1 Å². The molecule has 0 spiro atoms. The number of hydrogen-bond acceptors (Lipinski definition) is 5. The third-order valence-corrected chi connectivity index (χ3v) is 4.99. The van der Waals surface area contributed by atoms with E-state index in [1.807, 2.05) is 0 Å². The molecule has 0 aliphatic carbocycles. The first-order valence-corrected chi connectivity index (χ1v) is 9.18. The molecule has 4 rings (SSSR count). The van der Waals surface area contributed by atoms with Gasteiger partial charge in [-0.3, -0.25) is 0 Å². The van der Waals surface area contributed by atoms with Gasteiger partial charge in [0.2, 0.25) is 5.82 Å². The maximum atomic E-state index is 13.1. The van der Waals surface area contributed by atoms with Crippen LogP contribution in [-0.2, 0) is 18.9 Å². The summed E-state index contributed by atoms with van der Waals surface area (Å²) in [5, 5.41) is 17.6. The first-order valence-electron chi connectivity index (χ1n) is 8.60. The minimum atomic E-state index is -5.15. The van der Waals surface area contributed by atoms with Crippen molar-refractivity contribution in [2.75, 3.05) is 5.32 Å². The van der Waals surface area contributed by atoms with Crippen molar-refractivity contribution < 1.29 is 30.8 Å². The number of hydrogen-bond donors (Lipinski definition) is 2. The Morgan fingerprint density at radius 3 is 2.35 bits per heavy atom. The Hall–Kier alpha value is -3.14. The lowest BCUT2D eigenvalue weighted by Crippen LogP contribution is -2.17. The number of fused-ring (bicyclic) bond motifs is 1. The van der Waals surface area contributed by atoms with E-state index in [1.165, 1.54) is 0 Å². The van der Waals surface area contributed by atoms with Gasteiger partial charge in [0.1, 0.15) is 5.58 Å². The van der Waals surface area contributed by atoms with Crippen molar-refractivity contribution in [3.05, 3.63) is 53.1 Å². The normalized spacial score (nSPS) is 12.5. The molecule has 31 heavy (non-hydrogen) atoms. The van der Waals surface area contributed by atoms with E-state index in [4.69, 9.17) is 4.42 Å². The number of rotatable bonds is 4. The molecule has 4 aromatic rings. The quantitative estimate of drug-likeness (QED) is 0.340. The van der Waals surface area contributed by atoms with Crippen LogP contribution in [0.2, 0.25) is 0 Å². The van der Waals surface area contributed by atoms with E-state index in [1.54, 1.807) is 18.2 Å². The number of aromatic amines is 1. The highest BCUT2D eigenvalue weighted by molar-refractivity contribution is 7.27. The molecule has 2 heterocycles. The second-order valence-corrected chi connectivity index (χ2v) is 7.17. The SMILES string of the molecule is FC(F)(F)c1ccc(NCc2cc3oc(-c4nn[nH]n4)cc3cc2P)cc1C(F)(F)F. The Morgan fingerprint density at radius 1 is 0.968 bits per heavy atom. The highest BCUT2D eigenvalue weighted by Gasteiger charge is 2.43. The van der Waals surface area contributed by atoms with Gasteiger partial charge in [-0.15, -0.1) is 19.4 Å². The predicted molar refractivity (Wildman–Crippen MR) is 103 cm³/mol. The van der Waals surface area contributed by atoms with Crippen molar-refractivity contribution in [2.45, 2.75) is 18.9 Å². The maximum Gasteiger partial charge on any atom is 0.417 e. The van der Waals surface area contributed by atoms with E-state index < -0.39 is 23.5 Å². The fraction of sp³-hybridized carbons (Fsp3) is 0.167. The summed E-state index contributed by atoms with van der Waals surface area (Å²) in [5.41, 5.74) is -2.45. The maximum absolute atomic E-state index is 13.1. The molecule has 0 saturated carbocycles. The van der Waals surface area contributed by atoms with Crippen molar-refractivity contribution in [3.8, 4) is 11.6 Å². The number of tetrazole rings is 1. The summed E-state index contributed by atoms with van der Waals surface area (Å²) >= 11 is 0. The smallest absolute Gasteiger partial charge is 0.417 e. The van der Waals surface area contributed by atoms with Crippen LogP contribution in [0.15, 0.2) is 40.8 Å². The molecule has 0 radical (unpaired) electrons. The van der Waals surface area contributed by atoms with Gasteiger partial charge in [0.05, 0.1) is 11.1 Å². The van der Waals surface area contributed by atoms with E-state index in [2.05, 4.69) is 35.2 Å². The van der Waals surface area contributed by atoms with Crippen LogP contribution in [0.5, 0.6) is 0 Å². The Morgan fingerprint density at radius 2 is 1.71 bits per heavy atom. The third kappa shape index (κ3) is 4.34. The van der Waals surface area contributed by atoms with Crippen LogP contribution in [0.3, 0.4) is 0 Å². The summed E-state index contributed by atoms with van der Waals surface area (Å²) in [5.74, 6) is 0.626. The standard InChI is InChI=1S/C18H12F6N5OP/c19-17(20,21)11-2-1-10(6-12(11)18(22,23)24)25-7-9-4-13-8(5-15(9)31)3-14(30-13)16-26-28-29-27-16/h1-6,25H,7,31H2,(H,26,27,28,29). The summed E-state index contributed by atoms with van der Waals surface area (Å²) < 4.78 is 83.8. The van der Waals surface area contributed by atoms with Gasteiger partial charge in [0.25, 0.3) is 0 Å². The Labute approximate surface area is 172 Å². The van der Waals surface area contributed by atoms with Crippen molar-refractivity contribution in [1.82, 2.24) is 20.6 Å². The van der Waals surface area contributed by atoms with Gasteiger partial charge in [0.15, 0.2) is 5.76 Å². The second kappa shape index (κ2) is 7.52. The number of halogens is 6. The number of alkyl halides is 6. The van der Waals surface area contributed by atoms with Crippen molar-refractivity contribution in [1.29, 1.82) is 0 Å². The molecule has 13 heteroatoms. The van der Waals surface area contributed by atoms with Gasteiger partial charge < -0.3 is 9.73 Å². The summed E-state index contributed by atoms with van der Waals surface area (Å²) in [6.45, 7) is 0.0513. The largest absolute Gasteiger partial charge is 0.453 e. The van der Waals surface area contributed by atoms with Crippen LogP contribution in [0.1, 0.15) is 16.7 Å². The van der Waals surface area contributed by atoms with Crippen molar-refractivity contribution in [2.24, 2.45) is 0 Å². The third-order valence-electron chi connectivity index (χ3n) is 4.46. The average molecular weight is 459 g/mol. The van der Waals surface area contributed by atoms with E-state index in [0.717, 1.165) is 16.8 Å². The molecular formula is C18H12F6N5OP. The molecule has 2 N–H and O–H groups in total. The van der Waals surface area contributed by atoms with Crippen LogP contribution in [-0.4, -0.2) is 20.6 Å². The van der Waals surface area contributed by atoms with Crippen LogP contribution < -0.4 is 10.6 Å². The van der Waals surface area contributed by atoms with Gasteiger partial charge in [-0.1, -0.05) is 0 Å². The first kappa shape index (κ1) is 21.1. The zero-order valence-electron chi connectivity index (χ0n) is 15.3. The zero-order valence-corrected chi connectivity index (χ0v) is 16.4. The minimum absolute atomic E-state index is 0.0513. The number of nitrogens with zero attached hydrogens (tertiary/aromatic N) is 3. The summed E-state index contributed by atoms with van der Waals surface area (Å²) in [6, 6.07) is 6.97. The summed E-state index contributed by atoms with van der Waals surface area (Å²) in [7, 11) is 2.50. The molecule has 0 amide bonds.